The van der Waals surface area contributed by atoms with E-state index in [-0.39, 0.29) is 0 Å². The van der Waals surface area contributed by atoms with Gasteiger partial charge in [0.25, 0.3) is 0 Å². The molecule has 0 N–H and O–H groups in total. The van der Waals surface area contributed by atoms with Crippen LogP contribution in [0.4, 0.5) is 0 Å². The van der Waals surface area contributed by atoms with Crippen LogP contribution in [0.25, 0.3) is 132 Å². The molecule has 13 rings (SSSR count). The molecule has 2 aromatic heterocycles. The van der Waals surface area contributed by atoms with E-state index in [9.17, 15) is 0 Å². The van der Waals surface area contributed by atoms with Gasteiger partial charge in [0.15, 0.2) is 0 Å². The van der Waals surface area contributed by atoms with Gasteiger partial charge < -0.3 is 0 Å². The fraction of sp³-hybridized carbons (Fsp3) is 0. The van der Waals surface area contributed by atoms with Crippen LogP contribution in [-0.2, 0) is 0 Å². The maximum absolute atomic E-state index is 5.31. The zero-order chi connectivity index (χ0) is 43.6. The summed E-state index contributed by atoms with van der Waals surface area (Å²) in [5.41, 5.74) is 13.6. The smallest absolute Gasteiger partial charge is 0.0714 e. The Morgan fingerprint density at radius 3 is 1.21 bits per heavy atom. The molecular weight excluding hydrogens is 797 g/mol. The van der Waals surface area contributed by atoms with Gasteiger partial charge in [-0.25, -0.2) is 0 Å². The first kappa shape index (κ1) is 37.8. The van der Waals surface area contributed by atoms with Crippen LogP contribution in [0.15, 0.2) is 243 Å². The highest BCUT2D eigenvalue weighted by Crippen LogP contribution is 2.47. The van der Waals surface area contributed by atoms with E-state index < -0.39 is 0 Å². The lowest BCUT2D eigenvalue weighted by Gasteiger charge is -2.19. The molecule has 0 saturated carbocycles. The van der Waals surface area contributed by atoms with Crippen molar-refractivity contribution < 1.29 is 0 Å². The zero-order valence-corrected chi connectivity index (χ0v) is 36.0. The van der Waals surface area contributed by atoms with E-state index in [0.29, 0.717) is 0 Å². The lowest BCUT2D eigenvalue weighted by molar-refractivity contribution is 1.33. The lowest BCUT2D eigenvalue weighted by atomic mass is 9.84. The first-order valence-corrected chi connectivity index (χ1v) is 22.6. The molecule has 2 heteroatoms. The van der Waals surface area contributed by atoms with Crippen molar-refractivity contribution in [1.29, 1.82) is 0 Å². The normalized spacial score (nSPS) is 11.6. The fourth-order valence-corrected chi connectivity index (χ4v) is 10.5. The molecule has 0 amide bonds. The predicted octanol–water partition coefficient (Wildman–Crippen LogP) is 17.4. The van der Waals surface area contributed by atoms with Crippen molar-refractivity contribution in [3.63, 3.8) is 0 Å². The molecule has 0 fully saturated rings. The van der Waals surface area contributed by atoms with Crippen LogP contribution in [0.3, 0.4) is 0 Å². The van der Waals surface area contributed by atoms with Gasteiger partial charge in [-0.2, -0.15) is 0 Å². The molecule has 2 heterocycles. The number of benzene rings is 11. The quantitative estimate of drug-likeness (QED) is 0.156. The largest absolute Gasteiger partial charge is 0.256 e. The molecule has 0 unspecified atom stereocenters. The number of rotatable bonds is 6. The van der Waals surface area contributed by atoms with E-state index in [1.807, 2.05) is 18.3 Å². The molecule has 2 nitrogen and oxygen atoms in total. The van der Waals surface area contributed by atoms with Crippen LogP contribution in [0.5, 0.6) is 0 Å². The maximum Gasteiger partial charge on any atom is 0.0714 e. The van der Waals surface area contributed by atoms with Crippen molar-refractivity contribution in [1.82, 2.24) is 9.97 Å². The van der Waals surface area contributed by atoms with Gasteiger partial charge in [-0.15, -0.1) is 0 Å². The monoisotopic (exact) mass is 836 g/mol. The minimum Gasteiger partial charge on any atom is -0.256 e. The van der Waals surface area contributed by atoms with Gasteiger partial charge >= 0.3 is 0 Å². The maximum atomic E-state index is 5.31. The summed E-state index contributed by atoms with van der Waals surface area (Å²) < 4.78 is 0. The van der Waals surface area contributed by atoms with Gasteiger partial charge in [0.2, 0.25) is 0 Å². The van der Waals surface area contributed by atoms with E-state index in [4.69, 9.17) is 4.98 Å². The molecule has 0 saturated heterocycles. The molecule has 0 aliphatic carbocycles. The highest BCUT2D eigenvalue weighted by atomic mass is 14.7. The third-order valence-electron chi connectivity index (χ3n) is 13.5. The van der Waals surface area contributed by atoms with Crippen molar-refractivity contribution in [3.05, 3.63) is 243 Å². The first-order valence-electron chi connectivity index (χ1n) is 22.6. The number of hydrogen-bond donors (Lipinski definition) is 0. The topological polar surface area (TPSA) is 25.8 Å². The van der Waals surface area contributed by atoms with E-state index in [1.54, 1.807) is 0 Å². The first-order chi connectivity index (χ1) is 32.7. The highest BCUT2D eigenvalue weighted by molar-refractivity contribution is 6.23. The van der Waals surface area contributed by atoms with E-state index in [0.717, 1.165) is 39.2 Å². The molecule has 11 aromatic carbocycles. The average Bonchev–Trinajstić information content (AvgIpc) is 3.39. The van der Waals surface area contributed by atoms with Crippen LogP contribution in [0.2, 0.25) is 0 Å². The Balaban J connectivity index is 0.990. The summed E-state index contributed by atoms with van der Waals surface area (Å²) in [5, 5.41) is 14.6. The van der Waals surface area contributed by atoms with Gasteiger partial charge in [-0.1, -0.05) is 188 Å². The standard InChI is InChI=1S/C64H40N2/c1-3-16-43-36-48(29-27-41(43)14-1)62-51-20-5-6-21-52(51)63(49-30-28-42-15-2-4-17-44(42)37-49)58-39-45(31-33-57(58)62)50-32-34-60(66-40-50)64-55-24-9-7-22-53(55)61(54-23-8-10-25-56(54)64)47-19-13-18-46(38-47)59-26-11-12-35-65-59/h1-40H. The Morgan fingerprint density at radius 2 is 0.667 bits per heavy atom. The summed E-state index contributed by atoms with van der Waals surface area (Å²) >= 11 is 0. The third kappa shape index (κ3) is 6.26. The molecule has 66 heavy (non-hydrogen) atoms. The summed E-state index contributed by atoms with van der Waals surface area (Å²) in [7, 11) is 0. The fourth-order valence-electron chi connectivity index (χ4n) is 10.5. The minimum atomic E-state index is 0.946. The van der Waals surface area contributed by atoms with Crippen LogP contribution in [0.1, 0.15) is 0 Å². The second-order valence-corrected chi connectivity index (χ2v) is 17.2. The van der Waals surface area contributed by atoms with Crippen LogP contribution in [0, 0.1) is 0 Å². The minimum absolute atomic E-state index is 0.946. The van der Waals surface area contributed by atoms with Crippen molar-refractivity contribution in [2.75, 3.05) is 0 Å². The second kappa shape index (κ2) is 15.5. The van der Waals surface area contributed by atoms with Crippen LogP contribution in [-0.4, -0.2) is 9.97 Å². The van der Waals surface area contributed by atoms with Crippen molar-refractivity contribution in [2.24, 2.45) is 0 Å². The summed E-state index contributed by atoms with van der Waals surface area (Å²) in [6.45, 7) is 0. The van der Waals surface area contributed by atoms with Crippen molar-refractivity contribution in [2.45, 2.75) is 0 Å². The van der Waals surface area contributed by atoms with Gasteiger partial charge in [-0.05, 0) is 146 Å². The molecule has 0 spiro atoms. The summed E-state index contributed by atoms with van der Waals surface area (Å²) in [4.78, 5) is 9.98. The molecule has 0 radical (unpaired) electrons. The number of pyridine rings is 2. The molecule has 13 aromatic rings. The van der Waals surface area contributed by atoms with Gasteiger partial charge in [0, 0.05) is 29.1 Å². The zero-order valence-electron chi connectivity index (χ0n) is 36.0. The molecule has 0 aliphatic heterocycles. The third-order valence-corrected chi connectivity index (χ3v) is 13.5. The Morgan fingerprint density at radius 1 is 0.212 bits per heavy atom. The Kier molecular flexibility index (Phi) is 8.89. The molecule has 0 aliphatic rings. The van der Waals surface area contributed by atoms with Gasteiger partial charge in [0.05, 0.1) is 11.4 Å². The average molecular weight is 837 g/mol. The molecule has 0 bridgehead atoms. The van der Waals surface area contributed by atoms with Crippen molar-refractivity contribution in [3.8, 4) is 67.0 Å². The van der Waals surface area contributed by atoms with E-state index in [2.05, 4.69) is 230 Å². The summed E-state index contributed by atoms with van der Waals surface area (Å²) in [6, 6.07) is 83.9. The highest BCUT2D eigenvalue weighted by Gasteiger charge is 2.20. The number of fused-ring (bicyclic) bond motifs is 6. The number of nitrogens with zero attached hydrogens (tertiary/aromatic N) is 2. The molecular formula is C64H40N2. The Bertz CT molecular complexity index is 3980. The Hall–Kier alpha value is -8.72. The summed E-state index contributed by atoms with van der Waals surface area (Å²) in [6.07, 6.45) is 3.92. The Labute approximate surface area is 382 Å². The van der Waals surface area contributed by atoms with Crippen LogP contribution >= 0.6 is 0 Å². The van der Waals surface area contributed by atoms with Gasteiger partial charge in [0.1, 0.15) is 0 Å². The molecule has 306 valence electrons. The van der Waals surface area contributed by atoms with E-state index >= 15 is 0 Å². The van der Waals surface area contributed by atoms with Crippen molar-refractivity contribution >= 4 is 64.6 Å². The van der Waals surface area contributed by atoms with Crippen LogP contribution < -0.4 is 0 Å². The SMILES string of the molecule is c1ccc(-c2cccc(-c3c4ccccc4c(-c4ccc(-c5ccc6c(-c7ccc8ccccc8c7)c7ccccc7c(-c7ccc8ccccc8c7)c6c5)cn4)c4ccccc34)c2)nc1. The summed E-state index contributed by atoms with van der Waals surface area (Å²) in [5.74, 6) is 0. The number of hydrogen-bond acceptors (Lipinski definition) is 2. The predicted molar refractivity (Wildman–Crippen MR) is 280 cm³/mol. The lowest BCUT2D eigenvalue weighted by Crippen LogP contribution is -1.94. The molecule has 0 atom stereocenters. The van der Waals surface area contributed by atoms with E-state index in [1.165, 1.54) is 92.5 Å². The second-order valence-electron chi connectivity index (χ2n) is 17.2. The van der Waals surface area contributed by atoms with Gasteiger partial charge in [-0.3, -0.25) is 9.97 Å². The number of aromatic nitrogens is 2.